The first-order valence-electron chi connectivity index (χ1n) is 9.07. The number of hydrogen-bond acceptors (Lipinski definition) is 4. The summed E-state index contributed by atoms with van der Waals surface area (Å²) in [5, 5.41) is 15.1. The first-order chi connectivity index (χ1) is 12.7. The van der Waals surface area contributed by atoms with E-state index in [1.54, 1.807) is 0 Å². The molecule has 1 atom stereocenters. The molecular formula is C19H27IN6O. The van der Waals surface area contributed by atoms with Crippen LogP contribution in [-0.4, -0.2) is 33.6 Å². The molecule has 0 aliphatic rings. The standard InChI is InChI=1S/C19H26N6O.HI/c1-4-20-19(22-15(3)16-11-10-14(2)26-16)21-12-7-9-18-24-23-17-8-5-6-13-25(17)18;/h5-6,8,10-11,13,15H,4,7,9,12H2,1-3H3,(H2,20,21,22);1H. The number of aromatic nitrogens is 3. The highest BCUT2D eigenvalue weighted by Crippen LogP contribution is 2.15. The molecule has 1 unspecified atom stereocenters. The number of nitrogens with zero attached hydrogens (tertiary/aromatic N) is 4. The fraction of sp³-hybridized carbons (Fsp3) is 0.421. The third kappa shape index (κ3) is 5.69. The van der Waals surface area contributed by atoms with E-state index in [0.717, 1.165) is 48.3 Å². The van der Waals surface area contributed by atoms with Crippen LogP contribution in [0, 0.1) is 6.92 Å². The molecule has 8 heteroatoms. The molecule has 3 aromatic rings. The molecule has 3 aromatic heterocycles. The minimum atomic E-state index is 0. The van der Waals surface area contributed by atoms with Crippen LogP contribution < -0.4 is 10.6 Å². The van der Waals surface area contributed by atoms with Crippen molar-refractivity contribution in [1.82, 2.24) is 25.2 Å². The molecule has 0 radical (unpaired) electrons. The second-order valence-corrected chi connectivity index (χ2v) is 6.22. The summed E-state index contributed by atoms with van der Waals surface area (Å²) in [7, 11) is 0. The smallest absolute Gasteiger partial charge is 0.191 e. The van der Waals surface area contributed by atoms with Crippen molar-refractivity contribution in [3.63, 3.8) is 0 Å². The Kier molecular flexibility index (Phi) is 8.08. The van der Waals surface area contributed by atoms with Gasteiger partial charge in [-0.3, -0.25) is 9.39 Å². The van der Waals surface area contributed by atoms with Crippen LogP contribution in [0.2, 0.25) is 0 Å². The van der Waals surface area contributed by atoms with Gasteiger partial charge in [-0.1, -0.05) is 6.07 Å². The summed E-state index contributed by atoms with van der Waals surface area (Å²) in [4.78, 5) is 4.66. The monoisotopic (exact) mass is 482 g/mol. The van der Waals surface area contributed by atoms with Gasteiger partial charge in [-0.2, -0.15) is 0 Å². The van der Waals surface area contributed by atoms with E-state index in [0.29, 0.717) is 6.54 Å². The molecule has 0 fully saturated rings. The minimum absolute atomic E-state index is 0. The molecule has 0 bridgehead atoms. The molecule has 0 aliphatic carbocycles. The lowest BCUT2D eigenvalue weighted by molar-refractivity contribution is 0.441. The van der Waals surface area contributed by atoms with Crippen molar-refractivity contribution in [2.75, 3.05) is 13.1 Å². The molecule has 0 amide bonds. The van der Waals surface area contributed by atoms with Crippen molar-refractivity contribution in [3.8, 4) is 0 Å². The zero-order chi connectivity index (χ0) is 18.4. The van der Waals surface area contributed by atoms with E-state index in [2.05, 4.69) is 39.7 Å². The highest BCUT2D eigenvalue weighted by molar-refractivity contribution is 14.0. The summed E-state index contributed by atoms with van der Waals surface area (Å²) < 4.78 is 7.70. The lowest BCUT2D eigenvalue weighted by atomic mass is 10.2. The van der Waals surface area contributed by atoms with Crippen LogP contribution in [0.3, 0.4) is 0 Å². The second kappa shape index (κ2) is 10.3. The maximum Gasteiger partial charge on any atom is 0.191 e. The Morgan fingerprint density at radius 1 is 1.26 bits per heavy atom. The van der Waals surface area contributed by atoms with Crippen LogP contribution in [0.25, 0.3) is 5.65 Å². The second-order valence-electron chi connectivity index (χ2n) is 6.22. The molecule has 3 heterocycles. The average molecular weight is 482 g/mol. The van der Waals surface area contributed by atoms with E-state index in [1.807, 2.05) is 47.9 Å². The summed E-state index contributed by atoms with van der Waals surface area (Å²) in [5.74, 6) is 3.58. The van der Waals surface area contributed by atoms with Crippen LogP contribution in [0.15, 0.2) is 45.9 Å². The topological polar surface area (TPSA) is 79.8 Å². The largest absolute Gasteiger partial charge is 0.464 e. The summed E-state index contributed by atoms with van der Waals surface area (Å²) in [5.41, 5.74) is 0.878. The Morgan fingerprint density at radius 3 is 2.85 bits per heavy atom. The third-order valence-electron chi connectivity index (χ3n) is 4.10. The highest BCUT2D eigenvalue weighted by Gasteiger charge is 2.11. The number of furan rings is 1. The van der Waals surface area contributed by atoms with Crippen LogP contribution in [0.1, 0.15) is 43.7 Å². The van der Waals surface area contributed by atoms with Gasteiger partial charge in [-0.15, -0.1) is 34.2 Å². The number of rotatable bonds is 7. The molecule has 0 saturated heterocycles. The van der Waals surface area contributed by atoms with Crippen molar-refractivity contribution in [1.29, 1.82) is 0 Å². The first kappa shape index (κ1) is 21.2. The molecule has 27 heavy (non-hydrogen) atoms. The van der Waals surface area contributed by atoms with Gasteiger partial charge in [0.1, 0.15) is 17.3 Å². The van der Waals surface area contributed by atoms with Gasteiger partial charge in [0.2, 0.25) is 0 Å². The maximum atomic E-state index is 5.68. The SMILES string of the molecule is CCNC(=NCCCc1nnc2ccccn12)NC(C)c1ccc(C)o1.I. The molecule has 7 nitrogen and oxygen atoms in total. The normalized spacial score (nSPS) is 12.6. The number of halogens is 1. The first-order valence-corrected chi connectivity index (χ1v) is 9.07. The maximum absolute atomic E-state index is 5.68. The predicted octanol–water partition coefficient (Wildman–Crippen LogP) is 3.50. The van der Waals surface area contributed by atoms with Gasteiger partial charge in [-0.25, -0.2) is 0 Å². The van der Waals surface area contributed by atoms with E-state index in [4.69, 9.17) is 4.42 Å². The molecule has 0 aromatic carbocycles. The Balaban J connectivity index is 0.00000261. The summed E-state index contributed by atoms with van der Waals surface area (Å²) in [6, 6.07) is 9.94. The van der Waals surface area contributed by atoms with E-state index < -0.39 is 0 Å². The van der Waals surface area contributed by atoms with Gasteiger partial charge in [0, 0.05) is 25.7 Å². The van der Waals surface area contributed by atoms with E-state index in [1.165, 1.54) is 0 Å². The number of hydrogen-bond donors (Lipinski definition) is 2. The fourth-order valence-electron chi connectivity index (χ4n) is 2.77. The highest BCUT2D eigenvalue weighted by atomic mass is 127. The Bertz CT molecular complexity index is 872. The van der Waals surface area contributed by atoms with Crippen LogP contribution >= 0.6 is 24.0 Å². The molecule has 3 rings (SSSR count). The number of fused-ring (bicyclic) bond motifs is 1. The number of pyridine rings is 1. The van der Waals surface area contributed by atoms with Crippen LogP contribution in [-0.2, 0) is 6.42 Å². The Morgan fingerprint density at radius 2 is 2.11 bits per heavy atom. The van der Waals surface area contributed by atoms with Crippen molar-refractivity contribution in [3.05, 3.63) is 53.9 Å². The van der Waals surface area contributed by atoms with E-state index >= 15 is 0 Å². The Hall–Kier alpha value is -2.10. The number of guanidine groups is 1. The average Bonchev–Trinajstić information content (AvgIpc) is 3.25. The third-order valence-corrected chi connectivity index (χ3v) is 4.10. The number of aliphatic imine (C=N–C) groups is 1. The summed E-state index contributed by atoms with van der Waals surface area (Å²) in [6.07, 6.45) is 3.73. The lowest BCUT2D eigenvalue weighted by Gasteiger charge is -2.16. The molecule has 0 saturated carbocycles. The van der Waals surface area contributed by atoms with Crippen molar-refractivity contribution < 1.29 is 4.42 Å². The number of aryl methyl sites for hydroxylation is 2. The predicted molar refractivity (Wildman–Crippen MR) is 118 cm³/mol. The lowest BCUT2D eigenvalue weighted by Crippen LogP contribution is -2.38. The fourth-order valence-corrected chi connectivity index (χ4v) is 2.77. The van der Waals surface area contributed by atoms with E-state index in [-0.39, 0.29) is 30.0 Å². The minimum Gasteiger partial charge on any atom is -0.464 e. The number of nitrogens with one attached hydrogen (secondary N) is 2. The summed E-state index contributed by atoms with van der Waals surface area (Å²) in [6.45, 7) is 7.59. The van der Waals surface area contributed by atoms with Crippen LogP contribution in [0.5, 0.6) is 0 Å². The molecule has 0 aliphatic heterocycles. The Labute approximate surface area is 176 Å². The molecule has 2 N–H and O–H groups in total. The van der Waals surface area contributed by atoms with Gasteiger partial charge in [0.25, 0.3) is 0 Å². The van der Waals surface area contributed by atoms with Crippen molar-refractivity contribution in [2.24, 2.45) is 4.99 Å². The van der Waals surface area contributed by atoms with Gasteiger partial charge in [0.05, 0.1) is 6.04 Å². The van der Waals surface area contributed by atoms with Gasteiger partial charge in [-0.05, 0) is 51.5 Å². The summed E-state index contributed by atoms with van der Waals surface area (Å²) >= 11 is 0. The van der Waals surface area contributed by atoms with Gasteiger partial charge >= 0.3 is 0 Å². The van der Waals surface area contributed by atoms with Gasteiger partial charge in [0.15, 0.2) is 11.6 Å². The van der Waals surface area contributed by atoms with Crippen molar-refractivity contribution in [2.45, 2.75) is 39.7 Å². The molecule has 146 valence electrons. The molecule has 0 spiro atoms. The van der Waals surface area contributed by atoms with Crippen molar-refractivity contribution >= 4 is 35.6 Å². The zero-order valence-electron chi connectivity index (χ0n) is 16.0. The molecular weight excluding hydrogens is 455 g/mol. The zero-order valence-corrected chi connectivity index (χ0v) is 18.3. The van der Waals surface area contributed by atoms with E-state index in [9.17, 15) is 0 Å². The van der Waals surface area contributed by atoms with Gasteiger partial charge < -0.3 is 15.1 Å². The van der Waals surface area contributed by atoms with Crippen LogP contribution in [0.4, 0.5) is 0 Å². The quantitative estimate of drug-likeness (QED) is 0.233.